The topological polar surface area (TPSA) is 64.9 Å². The van der Waals surface area contributed by atoms with Gasteiger partial charge >= 0.3 is 12.4 Å². The number of hydrogen-bond acceptors (Lipinski definition) is 3. The van der Waals surface area contributed by atoms with E-state index in [0.717, 1.165) is 12.6 Å². The third-order valence-corrected chi connectivity index (χ3v) is 3.15. The summed E-state index contributed by atoms with van der Waals surface area (Å²) in [5.74, 6) is -0.781. The van der Waals surface area contributed by atoms with Gasteiger partial charge in [0.1, 0.15) is 11.6 Å². The van der Waals surface area contributed by atoms with Crippen molar-refractivity contribution in [1.82, 2.24) is 5.32 Å². The molecule has 0 aliphatic heterocycles. The molecule has 2 N–H and O–H groups in total. The van der Waals surface area contributed by atoms with Crippen molar-refractivity contribution in [2.45, 2.75) is 32.1 Å². The van der Waals surface area contributed by atoms with Crippen LogP contribution in [0.1, 0.15) is 30.9 Å². The molecule has 1 amide bonds. The van der Waals surface area contributed by atoms with E-state index in [9.17, 15) is 31.1 Å². The van der Waals surface area contributed by atoms with Gasteiger partial charge < -0.3 is 10.6 Å². The number of unbranched alkanes of at least 4 members (excludes halogenated alkanes) is 1. The maximum absolute atomic E-state index is 12.8. The van der Waals surface area contributed by atoms with Crippen LogP contribution in [-0.2, 0) is 17.1 Å². The van der Waals surface area contributed by atoms with Gasteiger partial charge in [-0.25, -0.2) is 0 Å². The van der Waals surface area contributed by atoms with Crippen LogP contribution in [0.3, 0.4) is 0 Å². The summed E-state index contributed by atoms with van der Waals surface area (Å²) in [6.45, 7) is 2.16. The second-order valence-corrected chi connectivity index (χ2v) is 5.22. The number of benzene rings is 1. The van der Waals surface area contributed by atoms with E-state index in [2.05, 4.69) is 10.6 Å². The molecule has 10 heteroatoms. The van der Waals surface area contributed by atoms with Crippen LogP contribution in [0.15, 0.2) is 30.0 Å². The van der Waals surface area contributed by atoms with Gasteiger partial charge in [-0.05, 0) is 24.6 Å². The van der Waals surface area contributed by atoms with Crippen molar-refractivity contribution in [2.24, 2.45) is 0 Å². The lowest BCUT2D eigenvalue weighted by molar-refractivity contribution is -0.143. The van der Waals surface area contributed by atoms with Gasteiger partial charge in [0.25, 0.3) is 5.91 Å². The van der Waals surface area contributed by atoms with Crippen LogP contribution in [0.2, 0.25) is 0 Å². The van der Waals surface area contributed by atoms with E-state index in [1.54, 1.807) is 0 Å². The first-order chi connectivity index (χ1) is 12.0. The fraction of sp³-hybridized carbons (Fsp3) is 0.375. The van der Waals surface area contributed by atoms with Gasteiger partial charge in [0.15, 0.2) is 0 Å². The molecule has 142 valence electrons. The first-order valence-electron chi connectivity index (χ1n) is 7.43. The highest BCUT2D eigenvalue weighted by molar-refractivity contribution is 5.97. The second kappa shape index (κ2) is 8.60. The van der Waals surface area contributed by atoms with Crippen LogP contribution < -0.4 is 10.6 Å². The minimum absolute atomic E-state index is 0.0163. The van der Waals surface area contributed by atoms with Gasteiger partial charge in [0, 0.05) is 18.4 Å². The SMILES string of the molecule is CCCCNC(=O)/C(C#N)=C\Nc1cc(C(F)(F)F)cc(C(F)(F)F)c1. The van der Waals surface area contributed by atoms with E-state index in [-0.39, 0.29) is 12.6 Å². The fourth-order valence-electron chi connectivity index (χ4n) is 1.82. The van der Waals surface area contributed by atoms with Gasteiger partial charge in [0.05, 0.1) is 11.1 Å². The summed E-state index contributed by atoms with van der Waals surface area (Å²) >= 11 is 0. The molecule has 0 aliphatic carbocycles. The van der Waals surface area contributed by atoms with Crippen molar-refractivity contribution in [1.29, 1.82) is 5.26 Å². The van der Waals surface area contributed by atoms with Crippen LogP contribution in [0, 0.1) is 11.3 Å². The molecule has 1 aromatic carbocycles. The molecule has 0 bridgehead atoms. The lowest BCUT2D eigenvalue weighted by Gasteiger charge is -2.14. The Bertz CT molecular complexity index is 684. The lowest BCUT2D eigenvalue weighted by Crippen LogP contribution is -2.25. The standard InChI is InChI=1S/C16H15F6N3O/c1-2-3-4-24-14(26)10(8-23)9-25-13-6-11(15(17,18)19)5-12(7-13)16(20,21)22/h5-7,9,25H,2-4H2,1H3,(H,24,26)/b10-9-. The third kappa shape index (κ3) is 6.31. The first kappa shape index (κ1) is 21.3. The molecule has 0 aliphatic rings. The Morgan fingerprint density at radius 3 is 2.08 bits per heavy atom. The molecule has 0 unspecified atom stereocenters. The maximum Gasteiger partial charge on any atom is 0.416 e. The van der Waals surface area contributed by atoms with Gasteiger partial charge in [-0.3, -0.25) is 4.79 Å². The van der Waals surface area contributed by atoms with E-state index in [0.29, 0.717) is 18.6 Å². The highest BCUT2D eigenvalue weighted by atomic mass is 19.4. The Balaban J connectivity index is 3.11. The number of alkyl halides is 6. The molecule has 0 saturated carbocycles. The second-order valence-electron chi connectivity index (χ2n) is 5.22. The predicted molar refractivity (Wildman–Crippen MR) is 81.7 cm³/mol. The van der Waals surface area contributed by atoms with E-state index in [4.69, 9.17) is 5.26 Å². The van der Waals surface area contributed by atoms with E-state index >= 15 is 0 Å². The van der Waals surface area contributed by atoms with Crippen LogP contribution in [0.25, 0.3) is 0 Å². The van der Waals surface area contributed by atoms with Crippen molar-refractivity contribution in [3.63, 3.8) is 0 Å². The Hall–Kier alpha value is -2.70. The molecule has 0 aromatic heterocycles. The Kier molecular flexibility index (Phi) is 7.06. The van der Waals surface area contributed by atoms with E-state index < -0.39 is 40.6 Å². The highest BCUT2D eigenvalue weighted by Gasteiger charge is 2.36. The Labute approximate surface area is 145 Å². The summed E-state index contributed by atoms with van der Waals surface area (Å²) < 4.78 is 76.7. The minimum atomic E-state index is -4.99. The zero-order valence-electron chi connectivity index (χ0n) is 13.6. The minimum Gasteiger partial charge on any atom is -0.360 e. The van der Waals surface area contributed by atoms with E-state index in [1.807, 2.05) is 6.92 Å². The number of nitriles is 1. The average molecular weight is 379 g/mol. The number of carbonyl (C=O) groups is 1. The normalized spacial score (nSPS) is 12.5. The monoisotopic (exact) mass is 379 g/mol. The lowest BCUT2D eigenvalue weighted by atomic mass is 10.1. The number of hydrogen-bond donors (Lipinski definition) is 2. The third-order valence-electron chi connectivity index (χ3n) is 3.15. The number of nitrogens with zero attached hydrogens (tertiary/aromatic N) is 1. The summed E-state index contributed by atoms with van der Waals surface area (Å²) in [5.41, 5.74) is -4.04. The zero-order chi connectivity index (χ0) is 20.0. The molecule has 26 heavy (non-hydrogen) atoms. The smallest absolute Gasteiger partial charge is 0.360 e. The highest BCUT2D eigenvalue weighted by Crippen LogP contribution is 2.37. The maximum atomic E-state index is 12.8. The number of amides is 1. The molecule has 0 saturated heterocycles. The number of halogens is 6. The van der Waals surface area contributed by atoms with Crippen molar-refractivity contribution in [3.8, 4) is 6.07 Å². The molecule has 1 aromatic rings. The summed E-state index contributed by atoms with van der Waals surface area (Å²) in [4.78, 5) is 11.7. The molecule has 1 rings (SSSR count). The van der Waals surface area contributed by atoms with Crippen molar-refractivity contribution in [3.05, 3.63) is 41.1 Å². The molecule has 0 radical (unpaired) electrons. The Morgan fingerprint density at radius 2 is 1.65 bits per heavy atom. The molecular weight excluding hydrogens is 364 g/mol. The van der Waals surface area contributed by atoms with Crippen molar-refractivity contribution in [2.75, 3.05) is 11.9 Å². The Morgan fingerprint density at radius 1 is 1.12 bits per heavy atom. The largest absolute Gasteiger partial charge is 0.416 e. The quantitative estimate of drug-likeness (QED) is 0.332. The predicted octanol–water partition coefficient (Wildman–Crippen LogP) is 4.46. The van der Waals surface area contributed by atoms with Crippen molar-refractivity contribution >= 4 is 11.6 Å². The first-order valence-corrected chi connectivity index (χ1v) is 7.43. The van der Waals surface area contributed by atoms with Crippen LogP contribution in [-0.4, -0.2) is 12.5 Å². The molecule has 0 fully saturated rings. The van der Waals surface area contributed by atoms with Gasteiger partial charge in [-0.2, -0.15) is 31.6 Å². The van der Waals surface area contributed by atoms with Crippen LogP contribution in [0.5, 0.6) is 0 Å². The van der Waals surface area contributed by atoms with E-state index in [1.165, 1.54) is 6.07 Å². The van der Waals surface area contributed by atoms with Crippen LogP contribution >= 0.6 is 0 Å². The summed E-state index contributed by atoms with van der Waals surface area (Å²) in [7, 11) is 0. The molecule has 4 nitrogen and oxygen atoms in total. The summed E-state index contributed by atoms with van der Waals surface area (Å²) in [6.07, 6.45) is -7.78. The number of rotatable bonds is 6. The number of anilines is 1. The van der Waals surface area contributed by atoms with Crippen molar-refractivity contribution < 1.29 is 31.1 Å². The van der Waals surface area contributed by atoms with Gasteiger partial charge in [-0.15, -0.1) is 0 Å². The molecule has 0 spiro atoms. The zero-order valence-corrected chi connectivity index (χ0v) is 13.6. The average Bonchev–Trinajstić information content (AvgIpc) is 2.53. The number of carbonyl (C=O) groups excluding carboxylic acids is 1. The fourth-order valence-corrected chi connectivity index (χ4v) is 1.82. The molecule has 0 atom stereocenters. The van der Waals surface area contributed by atoms with Crippen LogP contribution in [0.4, 0.5) is 32.0 Å². The molecule has 0 heterocycles. The number of nitrogens with one attached hydrogen (secondary N) is 2. The van der Waals surface area contributed by atoms with Gasteiger partial charge in [0.2, 0.25) is 0 Å². The van der Waals surface area contributed by atoms with Gasteiger partial charge in [-0.1, -0.05) is 13.3 Å². The summed E-state index contributed by atoms with van der Waals surface area (Å²) in [6, 6.07) is 2.42. The summed E-state index contributed by atoms with van der Waals surface area (Å²) in [5, 5.41) is 13.5. The molecular formula is C16H15F6N3O.